The van der Waals surface area contributed by atoms with Crippen LogP contribution in [-0.2, 0) is 0 Å². The van der Waals surface area contributed by atoms with Gasteiger partial charge in [-0.15, -0.1) is 5.98 Å². The maximum atomic E-state index is 5.79. The van der Waals surface area contributed by atoms with Crippen molar-refractivity contribution in [2.24, 2.45) is 0 Å². The molecule has 0 saturated carbocycles. The van der Waals surface area contributed by atoms with Gasteiger partial charge in [0, 0.05) is 5.56 Å². The van der Waals surface area contributed by atoms with Crippen LogP contribution >= 0.6 is 11.3 Å². The predicted molar refractivity (Wildman–Crippen MR) is 260 cm³/mol. The van der Waals surface area contributed by atoms with Crippen molar-refractivity contribution < 1.29 is 4.42 Å². The molecule has 0 bridgehead atoms. The van der Waals surface area contributed by atoms with Gasteiger partial charge >= 0.3 is 236 Å². The van der Waals surface area contributed by atoms with Crippen LogP contribution in [0.4, 0.5) is 0 Å². The molecule has 59 heavy (non-hydrogen) atoms. The van der Waals surface area contributed by atoms with Gasteiger partial charge in [-0.1, -0.05) is 37.2 Å². The van der Waals surface area contributed by atoms with Gasteiger partial charge in [0.1, 0.15) is 0 Å². The van der Waals surface area contributed by atoms with Gasteiger partial charge in [0.25, 0.3) is 0 Å². The van der Waals surface area contributed by atoms with Crippen LogP contribution < -0.4 is 5.79 Å². The second kappa shape index (κ2) is 17.8. The summed E-state index contributed by atoms with van der Waals surface area (Å²) in [6, 6.07) is 12.4. The molecule has 0 unspecified atom stereocenters. The topological polar surface area (TPSA) is 82.5 Å². The van der Waals surface area contributed by atoms with Gasteiger partial charge in [0.2, 0.25) is 6.71 Å². The molecule has 0 saturated heterocycles. The minimum atomic E-state index is 0.237. The van der Waals surface area contributed by atoms with Crippen LogP contribution in [0.15, 0.2) is 113 Å². The van der Waals surface area contributed by atoms with Gasteiger partial charge in [0.05, 0.1) is 0 Å². The van der Waals surface area contributed by atoms with E-state index in [1.54, 1.807) is 11.3 Å². The van der Waals surface area contributed by atoms with E-state index in [1.165, 1.54) is 0 Å². The molecule has 1 aliphatic heterocycles. The quantitative estimate of drug-likeness (QED) is 0.0907. The Labute approximate surface area is 353 Å². The number of hydrogen-bond acceptors (Lipinski definition) is 7. The van der Waals surface area contributed by atoms with Crippen LogP contribution in [0.2, 0.25) is 13.6 Å². The molecule has 0 atom stereocenters. The molecular weight excluding hydrogens is 741 g/mol. The molecule has 7 nitrogen and oxygen atoms in total. The van der Waals surface area contributed by atoms with Crippen LogP contribution in [0.5, 0.6) is 0 Å². The first-order chi connectivity index (χ1) is 28.6. The van der Waals surface area contributed by atoms with Gasteiger partial charge in [-0.25, -0.2) is 15.0 Å². The summed E-state index contributed by atoms with van der Waals surface area (Å²) in [7, 11) is 1.87. The van der Waals surface area contributed by atoms with E-state index in [0.717, 1.165) is 87.9 Å². The van der Waals surface area contributed by atoms with Crippen molar-refractivity contribution in [1.29, 1.82) is 0 Å². The molecule has 290 valence electrons. The van der Waals surface area contributed by atoms with Crippen molar-refractivity contribution in [2.75, 3.05) is 0 Å². The molecule has 11 heteroatoms. The summed E-state index contributed by atoms with van der Waals surface area (Å²) in [5.74, 6) is 6.99. The second-order valence-electron chi connectivity index (χ2n) is 14.6. The van der Waals surface area contributed by atoms with Crippen molar-refractivity contribution >= 4 is 101 Å². The normalized spacial score (nSPS) is 14.3. The van der Waals surface area contributed by atoms with Crippen LogP contribution in [0.1, 0.15) is 80.7 Å². The van der Waals surface area contributed by atoms with Gasteiger partial charge in [0.15, 0.2) is 17.5 Å². The Morgan fingerprint density at radius 1 is 0.915 bits per heavy atom. The van der Waals surface area contributed by atoms with E-state index in [9.17, 15) is 0 Å². The summed E-state index contributed by atoms with van der Waals surface area (Å²) >= 11 is 1.67. The first-order valence-corrected chi connectivity index (χ1v) is 20.8. The Morgan fingerprint density at radius 3 is 2.44 bits per heavy atom. The Morgan fingerprint density at radius 2 is 1.73 bits per heavy atom. The summed E-state index contributed by atoms with van der Waals surface area (Å²) in [4.78, 5) is 24.6. The Hall–Kier alpha value is -6.19. The van der Waals surface area contributed by atoms with Crippen LogP contribution in [0, 0.1) is 0 Å². The van der Waals surface area contributed by atoms with E-state index in [-0.39, 0.29) is 6.71 Å². The fourth-order valence-corrected chi connectivity index (χ4v) is 8.28. The standard InChI is InChI=1S/C48H47B3N6OS/c1-10-14-17-29(5)44-54-45(56-46(55-44)37-18-15-23-51(37)9)33-19-21-38-43(26-33)59-47(52-38)32(12-3)24-30(6)31(7)25-36-35(16-11-2)40(13-4)57(41(36)28-50-8)34-20-22-42-39(27-34)53-48(49)58-42/h10-28H,4,49H2,1-3,5-9H3/b14-10-,16-11-,29-17+,30-24+,31-25+,32-12+. The van der Waals surface area contributed by atoms with Crippen molar-refractivity contribution in [3.8, 4) is 17.1 Å². The molecule has 0 fully saturated rings. The van der Waals surface area contributed by atoms with Gasteiger partial charge < -0.3 is 0 Å². The molecule has 6 aromatic rings. The summed E-state index contributed by atoms with van der Waals surface area (Å²) < 4.78 is 9.11. The molecule has 0 N–H and O–H groups in total. The molecular formula is C48H47B3N6OS. The van der Waals surface area contributed by atoms with E-state index >= 15 is 0 Å². The van der Waals surface area contributed by atoms with Crippen molar-refractivity contribution in [3.05, 3.63) is 148 Å². The number of rotatable bonds is 12. The van der Waals surface area contributed by atoms with Crippen molar-refractivity contribution in [1.82, 2.24) is 29.5 Å². The molecule has 2 aromatic carbocycles. The van der Waals surface area contributed by atoms with Crippen LogP contribution in [-0.4, -0.2) is 56.9 Å². The SMILES string of the molecule is Bc1nc2cc(-n3c(C=C)c(/C=C\C)c(/C=C(C)/C(C)=C/C(=C\C)c4nc5ccc(-c6nc(C7=CC=CB7C)nc(/C(C)=C/C=C\C)n6)cc5s4)c3/C=B\C)ccc2o1. The number of nitrogens with zero attached hydrogens (tertiary/aromatic N) is 6. The first-order valence-electron chi connectivity index (χ1n) is 20.0. The van der Waals surface area contributed by atoms with E-state index in [1.807, 2.05) is 65.8 Å². The fraction of sp³-hybridized carbons (Fsp3) is 0.167. The molecule has 0 spiro atoms. The third kappa shape index (κ3) is 8.39. The van der Waals surface area contributed by atoms with E-state index in [2.05, 4.69) is 135 Å². The van der Waals surface area contributed by atoms with Crippen molar-refractivity contribution in [3.63, 3.8) is 0 Å². The molecule has 1 aliphatic rings. The average molecular weight is 788 g/mol. The van der Waals surface area contributed by atoms with Gasteiger partial charge in [-0.2, -0.15) is 0 Å². The summed E-state index contributed by atoms with van der Waals surface area (Å²) in [6.07, 6.45) is 23.0. The third-order valence-corrected chi connectivity index (χ3v) is 11.5. The van der Waals surface area contributed by atoms with Crippen LogP contribution in [0.25, 0.3) is 73.2 Å². The van der Waals surface area contributed by atoms with Crippen molar-refractivity contribution in [2.45, 2.75) is 55.2 Å². The van der Waals surface area contributed by atoms with Gasteiger partial charge in [-0.05, 0) is 31.0 Å². The first kappa shape index (κ1) is 41.0. The zero-order valence-corrected chi connectivity index (χ0v) is 36.1. The monoisotopic (exact) mass is 788 g/mol. The summed E-state index contributed by atoms with van der Waals surface area (Å²) in [5, 5.41) is 0.952. The number of hydrogen-bond donors (Lipinski definition) is 0. The number of allylic oxidation sites excluding steroid dienone is 12. The van der Waals surface area contributed by atoms with E-state index in [4.69, 9.17) is 24.4 Å². The van der Waals surface area contributed by atoms with E-state index in [0.29, 0.717) is 23.3 Å². The zero-order valence-electron chi connectivity index (χ0n) is 35.3. The number of oxazole rings is 1. The zero-order chi connectivity index (χ0) is 41.8. The maximum absolute atomic E-state index is 5.79. The molecule has 0 amide bonds. The minimum absolute atomic E-state index is 0.237. The number of benzene rings is 2. The van der Waals surface area contributed by atoms with Crippen LogP contribution in [0.3, 0.4) is 0 Å². The molecule has 5 heterocycles. The summed E-state index contributed by atoms with van der Waals surface area (Å²) in [6.45, 7) is 23.3. The Kier molecular flexibility index (Phi) is 12.3. The van der Waals surface area contributed by atoms with Gasteiger partial charge in [-0.3, -0.25) is 0 Å². The predicted octanol–water partition coefficient (Wildman–Crippen LogP) is 10.5. The summed E-state index contributed by atoms with van der Waals surface area (Å²) in [5.41, 5.74) is 14.1. The fourth-order valence-electron chi connectivity index (χ4n) is 7.23. The molecule has 7 rings (SSSR count). The molecule has 0 aliphatic carbocycles. The third-order valence-electron chi connectivity index (χ3n) is 10.4. The molecule has 0 radical (unpaired) electrons. The number of thiazole rings is 1. The number of fused-ring (bicyclic) bond motifs is 2. The number of aromatic nitrogens is 6. The second-order valence-corrected chi connectivity index (χ2v) is 15.6. The Balaban J connectivity index is 1.25. The molecule has 4 aromatic heterocycles. The van der Waals surface area contributed by atoms with E-state index < -0.39 is 0 Å². The Bertz CT molecular complexity index is 2910. The average Bonchev–Trinajstić information content (AvgIpc) is 4.02.